The molecule has 4 rings (SSSR count). The first-order chi connectivity index (χ1) is 17.8. The minimum atomic E-state index is -0.878. The number of rotatable bonds is 10. The molecular weight excluding hydrogens is 498 g/mol. The van der Waals surface area contributed by atoms with E-state index in [-0.39, 0.29) is 18.3 Å². The molecule has 0 saturated heterocycles. The third-order valence-electron chi connectivity index (χ3n) is 6.00. The number of carbonyl (C=O) groups excluding carboxylic acids is 1. The summed E-state index contributed by atoms with van der Waals surface area (Å²) in [5.41, 5.74) is 3.96. The average Bonchev–Trinajstić information content (AvgIpc) is 2.88. The molecule has 10 heteroatoms. The summed E-state index contributed by atoms with van der Waals surface area (Å²) in [6.45, 7) is 9.54. The number of halogens is 3. The lowest BCUT2D eigenvalue weighted by Gasteiger charge is -2.31. The number of fused-ring (bicyclic) bond motifs is 1. The molecule has 0 radical (unpaired) electrons. The smallest absolute Gasteiger partial charge is 0.328 e. The summed E-state index contributed by atoms with van der Waals surface area (Å²) >= 11 is 5.83. The van der Waals surface area contributed by atoms with Crippen molar-refractivity contribution in [3.8, 4) is 11.3 Å². The molecule has 3 N–H and O–H groups in total. The number of carbonyl (C=O) groups is 1. The molecule has 2 heterocycles. The number of urea groups is 1. The first-order valence-electron chi connectivity index (χ1n) is 12.1. The summed E-state index contributed by atoms with van der Waals surface area (Å²) in [7, 11) is 0. The van der Waals surface area contributed by atoms with E-state index in [4.69, 9.17) is 16.6 Å². The first-order valence-corrected chi connectivity index (χ1v) is 12.7. The van der Waals surface area contributed by atoms with Crippen molar-refractivity contribution in [1.29, 1.82) is 0 Å². The van der Waals surface area contributed by atoms with E-state index in [0.29, 0.717) is 30.1 Å². The molecule has 37 heavy (non-hydrogen) atoms. The number of anilines is 3. The van der Waals surface area contributed by atoms with E-state index in [2.05, 4.69) is 34.4 Å². The molecule has 0 aliphatic carbocycles. The monoisotopic (exact) mass is 526 g/mol. The topological polar surface area (TPSA) is 82.2 Å². The van der Waals surface area contributed by atoms with Crippen LogP contribution >= 0.6 is 11.6 Å². The zero-order valence-electron chi connectivity index (χ0n) is 20.8. The van der Waals surface area contributed by atoms with Crippen LogP contribution in [0.1, 0.15) is 36.5 Å². The van der Waals surface area contributed by atoms with E-state index in [1.807, 2.05) is 25.1 Å². The minimum absolute atomic E-state index is 0.0940. The fourth-order valence-electron chi connectivity index (χ4n) is 4.08. The molecule has 2 aromatic carbocycles. The second-order valence-electron chi connectivity index (χ2n) is 8.67. The zero-order valence-corrected chi connectivity index (χ0v) is 21.6. The van der Waals surface area contributed by atoms with Gasteiger partial charge in [-0.15, -0.1) is 11.6 Å². The van der Waals surface area contributed by atoms with Gasteiger partial charge in [-0.25, -0.2) is 23.5 Å². The molecule has 0 atom stereocenters. The van der Waals surface area contributed by atoms with E-state index < -0.39 is 23.4 Å². The van der Waals surface area contributed by atoms with Gasteiger partial charge in [-0.1, -0.05) is 31.7 Å². The Balaban J connectivity index is 1.91. The number of aromatic nitrogens is 2. The predicted molar refractivity (Wildman–Crippen MR) is 144 cm³/mol. The van der Waals surface area contributed by atoms with Crippen molar-refractivity contribution < 1.29 is 13.6 Å². The Morgan fingerprint density at radius 3 is 2.65 bits per heavy atom. The zero-order chi connectivity index (χ0) is 26.5. The first kappa shape index (κ1) is 26.3. The fourth-order valence-corrected chi connectivity index (χ4v) is 4.21. The number of hydrogen-bond acceptors (Lipinski definition) is 5. The summed E-state index contributed by atoms with van der Waals surface area (Å²) < 4.78 is 29.7. The lowest BCUT2D eigenvalue weighted by molar-refractivity contribution is 0.246. The predicted octanol–water partition coefficient (Wildman–Crippen LogP) is 6.10. The van der Waals surface area contributed by atoms with Crippen molar-refractivity contribution in [2.24, 2.45) is 0 Å². The molecule has 0 unspecified atom stereocenters. The van der Waals surface area contributed by atoms with E-state index >= 15 is 0 Å². The van der Waals surface area contributed by atoms with Gasteiger partial charge in [0.25, 0.3) is 0 Å². The minimum Gasteiger partial charge on any atom is -0.385 e. The second-order valence-corrected chi connectivity index (χ2v) is 9.04. The maximum absolute atomic E-state index is 14.8. The highest BCUT2D eigenvalue weighted by atomic mass is 35.5. The van der Waals surface area contributed by atoms with Gasteiger partial charge in [-0.05, 0) is 49.1 Å². The fraction of sp³-hybridized carbons (Fsp3) is 0.296. The number of benzene rings is 2. The summed E-state index contributed by atoms with van der Waals surface area (Å²) in [5.74, 6) is -0.983. The second kappa shape index (κ2) is 11.6. The third kappa shape index (κ3) is 5.51. The largest absolute Gasteiger partial charge is 0.385 e. The van der Waals surface area contributed by atoms with Crippen LogP contribution in [0.4, 0.5) is 31.0 Å². The van der Waals surface area contributed by atoms with Gasteiger partial charge in [-0.3, -0.25) is 0 Å². The van der Waals surface area contributed by atoms with Gasteiger partial charge in [0.2, 0.25) is 5.95 Å². The van der Waals surface area contributed by atoms with Crippen molar-refractivity contribution in [1.82, 2.24) is 20.6 Å². The Bertz CT molecular complexity index is 1310. The Morgan fingerprint density at radius 2 is 1.95 bits per heavy atom. The Hall–Kier alpha value is -3.72. The Labute approximate surface area is 220 Å². The van der Waals surface area contributed by atoms with Crippen LogP contribution in [0.3, 0.4) is 0 Å². The summed E-state index contributed by atoms with van der Waals surface area (Å²) in [5, 5.41) is 9.14. The van der Waals surface area contributed by atoms with Gasteiger partial charge >= 0.3 is 6.03 Å². The lowest BCUT2D eigenvalue weighted by Crippen LogP contribution is -2.43. The maximum atomic E-state index is 14.8. The van der Waals surface area contributed by atoms with E-state index in [9.17, 15) is 13.6 Å². The highest BCUT2D eigenvalue weighted by Crippen LogP contribution is 2.39. The molecule has 194 valence electrons. The van der Waals surface area contributed by atoms with Crippen molar-refractivity contribution in [3.63, 3.8) is 0 Å². The third-order valence-corrected chi connectivity index (χ3v) is 6.27. The van der Waals surface area contributed by atoms with Crippen molar-refractivity contribution >= 4 is 40.8 Å². The molecule has 3 aromatic rings. The molecule has 1 aromatic heterocycles. The molecule has 0 saturated carbocycles. The molecule has 2 amide bonds. The van der Waals surface area contributed by atoms with Crippen LogP contribution in [0.5, 0.6) is 0 Å². The normalized spacial score (nSPS) is 12.7. The summed E-state index contributed by atoms with van der Waals surface area (Å²) in [6.07, 6.45) is 1.61. The Kier molecular flexibility index (Phi) is 8.23. The number of amides is 2. The SMILES string of the molecule is C=C(NCCC)c1ccc(C)c(-c2nc(NCCCCl)nc3c2CNC(=O)N3c2c(F)cccc2F)c1. The molecule has 1 aliphatic rings. The Morgan fingerprint density at radius 1 is 1.19 bits per heavy atom. The van der Waals surface area contributed by atoms with Gasteiger partial charge in [0, 0.05) is 35.8 Å². The van der Waals surface area contributed by atoms with Gasteiger partial charge in [0.1, 0.15) is 17.3 Å². The van der Waals surface area contributed by atoms with Crippen LogP contribution in [0, 0.1) is 18.6 Å². The van der Waals surface area contributed by atoms with Crippen LogP contribution in [-0.4, -0.2) is 35.0 Å². The van der Waals surface area contributed by atoms with Crippen LogP contribution in [0.15, 0.2) is 43.0 Å². The summed E-state index contributed by atoms with van der Waals surface area (Å²) in [6, 6.07) is 8.67. The lowest BCUT2D eigenvalue weighted by atomic mass is 9.97. The number of nitrogens with one attached hydrogen (secondary N) is 3. The molecule has 0 spiro atoms. The van der Waals surface area contributed by atoms with Crippen LogP contribution in [-0.2, 0) is 6.54 Å². The summed E-state index contributed by atoms with van der Waals surface area (Å²) in [4.78, 5) is 23.2. The van der Waals surface area contributed by atoms with Crippen LogP contribution in [0.2, 0.25) is 0 Å². The number of aryl methyl sites for hydroxylation is 1. The molecule has 1 aliphatic heterocycles. The number of alkyl halides is 1. The van der Waals surface area contributed by atoms with Crippen LogP contribution < -0.4 is 20.9 Å². The average molecular weight is 527 g/mol. The van der Waals surface area contributed by atoms with Crippen molar-refractivity contribution in [2.45, 2.75) is 33.2 Å². The quantitative estimate of drug-likeness (QED) is 0.219. The van der Waals surface area contributed by atoms with Crippen LogP contribution in [0.25, 0.3) is 17.0 Å². The number of nitrogens with zero attached hydrogens (tertiary/aromatic N) is 3. The highest BCUT2D eigenvalue weighted by molar-refractivity contribution is 6.17. The van der Waals surface area contributed by atoms with E-state index in [1.165, 1.54) is 6.07 Å². The van der Waals surface area contributed by atoms with Gasteiger partial charge < -0.3 is 16.0 Å². The maximum Gasteiger partial charge on any atom is 0.328 e. The standard InChI is InChI=1S/C27H29ClF2N6O/c1-4-12-31-17(3)18-10-9-16(2)19(14-18)23-20-15-33-27(37)36(24-21(29)7-5-8-22(24)30)25(20)35-26(34-23)32-13-6-11-28/h5,7-10,14,31H,3-4,6,11-13,15H2,1-2H3,(H,33,37)(H,32,34,35). The number of para-hydroxylation sites is 1. The number of hydrogen-bond donors (Lipinski definition) is 3. The van der Waals surface area contributed by atoms with E-state index in [1.54, 1.807) is 0 Å². The van der Waals surface area contributed by atoms with E-state index in [0.717, 1.165) is 52.4 Å². The molecule has 7 nitrogen and oxygen atoms in total. The molecule has 0 fully saturated rings. The van der Waals surface area contributed by atoms with Gasteiger partial charge in [0.15, 0.2) is 5.82 Å². The molecular formula is C27H29ClF2N6O. The highest BCUT2D eigenvalue weighted by Gasteiger charge is 2.34. The van der Waals surface area contributed by atoms with Crippen molar-refractivity contribution in [2.75, 3.05) is 29.2 Å². The van der Waals surface area contributed by atoms with Gasteiger partial charge in [0.05, 0.1) is 12.2 Å². The van der Waals surface area contributed by atoms with Crippen molar-refractivity contribution in [3.05, 3.63) is 71.3 Å². The van der Waals surface area contributed by atoms with Gasteiger partial charge in [-0.2, -0.15) is 4.98 Å². The molecule has 0 bridgehead atoms.